The maximum Gasteiger partial charge on any atom is 0.0568 e. The molecule has 2 nitrogen and oxygen atoms in total. The van der Waals surface area contributed by atoms with Gasteiger partial charge in [0.2, 0.25) is 0 Å². The number of thioether (sulfide) groups is 1. The first-order chi connectivity index (χ1) is 8.08. The molecule has 1 aromatic carbocycles. The Hall–Kier alpha value is -0.510. The molecule has 0 saturated carbocycles. The van der Waals surface area contributed by atoms with Gasteiger partial charge in [0.1, 0.15) is 0 Å². The summed E-state index contributed by atoms with van der Waals surface area (Å²) in [6.07, 6.45) is 0.891. The standard InChI is InChI=1S/C14H23NOS/c1-4-13(15)14(9-16)17-12-7-5-11(6-8-12)10(2)3/h5-8,10,13-14,16H,4,9,15H2,1-3H3. The van der Waals surface area contributed by atoms with Gasteiger partial charge in [-0.15, -0.1) is 11.8 Å². The zero-order valence-electron chi connectivity index (χ0n) is 10.9. The van der Waals surface area contributed by atoms with Crippen LogP contribution in [0.1, 0.15) is 38.7 Å². The van der Waals surface area contributed by atoms with Crippen molar-refractivity contribution in [1.29, 1.82) is 0 Å². The fraction of sp³-hybridized carbons (Fsp3) is 0.571. The summed E-state index contributed by atoms with van der Waals surface area (Å²) in [4.78, 5) is 1.18. The zero-order valence-corrected chi connectivity index (χ0v) is 11.7. The van der Waals surface area contributed by atoms with E-state index in [9.17, 15) is 5.11 Å². The Bertz CT molecular complexity index is 323. The molecule has 0 bridgehead atoms. The zero-order chi connectivity index (χ0) is 12.8. The molecule has 0 radical (unpaired) electrons. The van der Waals surface area contributed by atoms with Crippen molar-refractivity contribution in [2.24, 2.45) is 5.73 Å². The highest BCUT2D eigenvalue weighted by atomic mass is 32.2. The maximum atomic E-state index is 9.33. The Morgan fingerprint density at radius 2 is 1.82 bits per heavy atom. The van der Waals surface area contributed by atoms with E-state index < -0.39 is 0 Å². The summed E-state index contributed by atoms with van der Waals surface area (Å²) < 4.78 is 0. The van der Waals surface area contributed by atoms with Crippen molar-refractivity contribution in [2.45, 2.75) is 49.3 Å². The predicted octanol–water partition coefficient (Wildman–Crippen LogP) is 3.00. The highest BCUT2D eigenvalue weighted by molar-refractivity contribution is 8.00. The van der Waals surface area contributed by atoms with Crippen LogP contribution in [-0.2, 0) is 0 Å². The molecule has 17 heavy (non-hydrogen) atoms. The smallest absolute Gasteiger partial charge is 0.0568 e. The highest BCUT2D eigenvalue weighted by Crippen LogP contribution is 2.27. The predicted molar refractivity (Wildman–Crippen MR) is 75.5 cm³/mol. The Morgan fingerprint density at radius 3 is 2.24 bits per heavy atom. The summed E-state index contributed by atoms with van der Waals surface area (Å²) in [6.45, 7) is 6.55. The molecule has 0 heterocycles. The average Bonchev–Trinajstić information content (AvgIpc) is 2.35. The number of aliphatic hydroxyl groups excluding tert-OH is 1. The summed E-state index contributed by atoms with van der Waals surface area (Å²) in [7, 11) is 0. The largest absolute Gasteiger partial charge is 0.395 e. The van der Waals surface area contributed by atoms with Gasteiger partial charge < -0.3 is 10.8 Å². The molecule has 1 rings (SSSR count). The first-order valence-electron chi connectivity index (χ1n) is 6.21. The van der Waals surface area contributed by atoms with Crippen LogP contribution < -0.4 is 5.73 Å². The van der Waals surface area contributed by atoms with E-state index in [2.05, 4.69) is 45.0 Å². The van der Waals surface area contributed by atoms with Gasteiger partial charge in [-0.1, -0.05) is 32.9 Å². The fourth-order valence-corrected chi connectivity index (χ4v) is 2.71. The van der Waals surface area contributed by atoms with Crippen molar-refractivity contribution >= 4 is 11.8 Å². The van der Waals surface area contributed by atoms with E-state index in [0.29, 0.717) is 5.92 Å². The van der Waals surface area contributed by atoms with Crippen molar-refractivity contribution in [3.63, 3.8) is 0 Å². The SMILES string of the molecule is CCC(N)C(CO)Sc1ccc(C(C)C)cc1. The summed E-state index contributed by atoms with van der Waals surface area (Å²) >= 11 is 1.67. The second kappa shape index (κ2) is 7.04. The van der Waals surface area contributed by atoms with Gasteiger partial charge >= 0.3 is 0 Å². The Morgan fingerprint density at radius 1 is 1.24 bits per heavy atom. The molecule has 0 aliphatic rings. The van der Waals surface area contributed by atoms with Gasteiger partial charge in [0.15, 0.2) is 0 Å². The van der Waals surface area contributed by atoms with Gasteiger partial charge in [-0.2, -0.15) is 0 Å². The first kappa shape index (κ1) is 14.6. The van der Waals surface area contributed by atoms with Gasteiger partial charge in [-0.25, -0.2) is 0 Å². The van der Waals surface area contributed by atoms with Gasteiger partial charge in [0, 0.05) is 16.2 Å². The third-order valence-corrected chi connectivity index (χ3v) is 4.31. The summed E-state index contributed by atoms with van der Waals surface area (Å²) in [5, 5.41) is 9.42. The molecule has 0 aromatic heterocycles. The van der Waals surface area contributed by atoms with Gasteiger partial charge in [-0.05, 0) is 30.0 Å². The van der Waals surface area contributed by atoms with Crippen LogP contribution in [0.2, 0.25) is 0 Å². The number of benzene rings is 1. The molecular weight excluding hydrogens is 230 g/mol. The monoisotopic (exact) mass is 253 g/mol. The summed E-state index contributed by atoms with van der Waals surface area (Å²) in [5.74, 6) is 0.556. The quantitative estimate of drug-likeness (QED) is 0.766. The van der Waals surface area contributed by atoms with Crippen LogP contribution in [0.25, 0.3) is 0 Å². The molecule has 2 atom stereocenters. The normalized spacial score (nSPS) is 14.9. The van der Waals surface area contributed by atoms with Crippen LogP contribution in [0.15, 0.2) is 29.2 Å². The lowest BCUT2D eigenvalue weighted by molar-refractivity contribution is 0.281. The molecule has 0 aliphatic carbocycles. The Kier molecular flexibility index (Phi) is 6.03. The molecular formula is C14H23NOS. The molecule has 0 fully saturated rings. The summed E-state index contributed by atoms with van der Waals surface area (Å²) in [5.41, 5.74) is 7.32. The Balaban J connectivity index is 2.67. The third kappa shape index (κ3) is 4.34. The lowest BCUT2D eigenvalue weighted by atomic mass is 10.0. The second-order valence-corrected chi connectivity index (χ2v) is 5.95. The van der Waals surface area contributed by atoms with E-state index >= 15 is 0 Å². The third-order valence-electron chi connectivity index (χ3n) is 2.96. The number of hydrogen-bond acceptors (Lipinski definition) is 3. The highest BCUT2D eigenvalue weighted by Gasteiger charge is 2.16. The van der Waals surface area contributed by atoms with E-state index in [0.717, 1.165) is 6.42 Å². The summed E-state index contributed by atoms with van der Waals surface area (Å²) in [6, 6.07) is 8.59. The van der Waals surface area contributed by atoms with Crippen LogP contribution in [0.4, 0.5) is 0 Å². The molecule has 0 aliphatic heterocycles. The molecule has 1 aromatic rings. The van der Waals surface area contributed by atoms with Crippen LogP contribution in [0.5, 0.6) is 0 Å². The van der Waals surface area contributed by atoms with Crippen LogP contribution in [0, 0.1) is 0 Å². The molecule has 3 heteroatoms. The second-order valence-electron chi connectivity index (χ2n) is 4.63. The van der Waals surface area contributed by atoms with Gasteiger partial charge in [0.05, 0.1) is 6.61 Å². The number of aliphatic hydroxyl groups is 1. The fourth-order valence-electron chi connectivity index (χ4n) is 1.63. The Labute approximate surface area is 109 Å². The van der Waals surface area contributed by atoms with Crippen molar-refractivity contribution in [2.75, 3.05) is 6.61 Å². The number of rotatable bonds is 6. The van der Waals surface area contributed by atoms with Crippen LogP contribution in [0.3, 0.4) is 0 Å². The molecule has 96 valence electrons. The van der Waals surface area contributed by atoms with Crippen LogP contribution in [-0.4, -0.2) is 23.0 Å². The van der Waals surface area contributed by atoms with Gasteiger partial charge in [-0.3, -0.25) is 0 Å². The molecule has 0 saturated heterocycles. The van der Waals surface area contributed by atoms with Crippen LogP contribution >= 0.6 is 11.8 Å². The van der Waals surface area contributed by atoms with Gasteiger partial charge in [0.25, 0.3) is 0 Å². The molecule has 3 N–H and O–H groups in total. The average molecular weight is 253 g/mol. The minimum absolute atomic E-state index is 0.0507. The molecule has 0 spiro atoms. The topological polar surface area (TPSA) is 46.2 Å². The maximum absolute atomic E-state index is 9.33. The molecule has 0 amide bonds. The van der Waals surface area contributed by atoms with E-state index in [1.54, 1.807) is 11.8 Å². The minimum atomic E-state index is 0.0507. The van der Waals surface area contributed by atoms with E-state index in [4.69, 9.17) is 5.73 Å². The van der Waals surface area contributed by atoms with E-state index in [-0.39, 0.29) is 17.9 Å². The van der Waals surface area contributed by atoms with Crippen molar-refractivity contribution in [3.8, 4) is 0 Å². The van der Waals surface area contributed by atoms with Crippen molar-refractivity contribution in [3.05, 3.63) is 29.8 Å². The lowest BCUT2D eigenvalue weighted by Crippen LogP contribution is -2.34. The first-order valence-corrected chi connectivity index (χ1v) is 7.09. The van der Waals surface area contributed by atoms with Crippen molar-refractivity contribution in [1.82, 2.24) is 0 Å². The van der Waals surface area contributed by atoms with E-state index in [1.165, 1.54) is 10.5 Å². The van der Waals surface area contributed by atoms with Crippen molar-refractivity contribution < 1.29 is 5.11 Å². The number of hydrogen-bond donors (Lipinski definition) is 2. The minimum Gasteiger partial charge on any atom is -0.395 e. The lowest BCUT2D eigenvalue weighted by Gasteiger charge is -2.20. The van der Waals surface area contributed by atoms with E-state index in [1.807, 2.05) is 0 Å². The number of nitrogens with two attached hydrogens (primary N) is 1. The molecule has 2 unspecified atom stereocenters.